The van der Waals surface area contributed by atoms with Crippen molar-refractivity contribution in [3.05, 3.63) is 198 Å². The highest BCUT2D eigenvalue weighted by Gasteiger charge is 2.46. The number of benzene rings is 7. The van der Waals surface area contributed by atoms with Gasteiger partial charge in [-0.1, -0.05) is 109 Å². The predicted molar refractivity (Wildman–Crippen MR) is 212 cm³/mol. The molecule has 10 rings (SSSR count). The first-order valence-electron chi connectivity index (χ1n) is 17.4. The molecule has 1 aliphatic heterocycles. The van der Waals surface area contributed by atoms with Gasteiger partial charge in [-0.25, -0.2) is 15.0 Å². The molecule has 0 saturated carbocycles. The van der Waals surface area contributed by atoms with Crippen LogP contribution in [0, 0.1) is 11.3 Å². The average molecular weight is 697 g/mol. The summed E-state index contributed by atoms with van der Waals surface area (Å²) in [4.78, 5) is 15.4. The van der Waals surface area contributed by atoms with E-state index < -0.39 is 5.41 Å². The first-order chi connectivity index (χ1) is 26.2. The number of hydrogen-bond acceptors (Lipinski definition) is 6. The van der Waals surface area contributed by atoms with Crippen LogP contribution in [0.3, 0.4) is 0 Å². The van der Waals surface area contributed by atoms with E-state index in [0.29, 0.717) is 28.8 Å². The Balaban J connectivity index is 1.24. The van der Waals surface area contributed by atoms with E-state index in [9.17, 15) is 5.26 Å². The number of rotatable bonds is 5. The predicted octanol–water partition coefficient (Wildman–Crippen LogP) is 11.6. The van der Waals surface area contributed by atoms with E-state index in [-0.39, 0.29) is 0 Å². The molecular formula is C47H28N4OS. The molecule has 2 aromatic heterocycles. The standard InChI is InChI=1S/C47H28N4OS/c48-29-30-22-24-31(25-23-30)44-49-45(32-26-27-42-37(28-32)35-16-7-10-21-41(35)53-42)51-46(50-44)36-17-11-19-39-43(36)52-40-20-9-8-18-38(40)47(39,33-12-3-1-4-13-33)34-14-5-2-6-15-34/h1-28H. The number of ether oxygens (including phenoxy) is 1. The maximum atomic E-state index is 9.51. The number of fused-ring (bicyclic) bond motifs is 5. The van der Waals surface area contributed by atoms with Crippen molar-refractivity contribution in [2.24, 2.45) is 0 Å². The Morgan fingerprint density at radius 2 is 1.11 bits per heavy atom. The quantitative estimate of drug-likeness (QED) is 0.179. The van der Waals surface area contributed by atoms with Crippen molar-refractivity contribution in [2.75, 3.05) is 0 Å². The highest BCUT2D eigenvalue weighted by atomic mass is 32.1. The van der Waals surface area contributed by atoms with E-state index in [1.165, 1.54) is 14.8 Å². The molecular weight excluding hydrogens is 669 g/mol. The van der Waals surface area contributed by atoms with E-state index in [1.807, 2.05) is 30.3 Å². The van der Waals surface area contributed by atoms with Gasteiger partial charge in [0.05, 0.1) is 22.6 Å². The molecule has 6 heteroatoms. The smallest absolute Gasteiger partial charge is 0.167 e. The Bertz CT molecular complexity index is 2840. The van der Waals surface area contributed by atoms with Crippen LogP contribution in [-0.2, 0) is 5.41 Å². The zero-order chi connectivity index (χ0) is 35.4. The van der Waals surface area contributed by atoms with Gasteiger partial charge in [0.1, 0.15) is 11.5 Å². The summed E-state index contributed by atoms with van der Waals surface area (Å²) in [5.74, 6) is 3.03. The Labute approximate surface area is 310 Å². The van der Waals surface area contributed by atoms with Crippen molar-refractivity contribution in [1.29, 1.82) is 5.26 Å². The van der Waals surface area contributed by atoms with E-state index in [0.717, 1.165) is 50.1 Å². The SMILES string of the molecule is N#Cc1ccc(-c2nc(-c3ccc4sc5ccccc5c4c3)nc(-c3cccc4c3Oc3ccccc3C4(c3ccccc3)c3ccccc3)n2)cc1. The molecule has 9 aromatic rings. The van der Waals surface area contributed by atoms with Gasteiger partial charge in [-0.3, -0.25) is 0 Å². The molecule has 0 atom stereocenters. The van der Waals surface area contributed by atoms with Gasteiger partial charge in [0.25, 0.3) is 0 Å². The third kappa shape index (κ3) is 4.94. The number of aromatic nitrogens is 3. The minimum absolute atomic E-state index is 0.496. The minimum Gasteiger partial charge on any atom is -0.456 e. The van der Waals surface area contributed by atoms with Crippen LogP contribution in [-0.4, -0.2) is 15.0 Å². The lowest BCUT2D eigenvalue weighted by molar-refractivity contribution is 0.436. The van der Waals surface area contributed by atoms with Crippen molar-refractivity contribution in [3.63, 3.8) is 0 Å². The molecule has 0 spiro atoms. The highest BCUT2D eigenvalue weighted by Crippen LogP contribution is 2.57. The Hall–Kier alpha value is -6.94. The van der Waals surface area contributed by atoms with E-state index in [4.69, 9.17) is 19.7 Å². The Kier molecular flexibility index (Phi) is 7.21. The fourth-order valence-electron chi connectivity index (χ4n) is 7.72. The number of nitrogens with zero attached hydrogens (tertiary/aromatic N) is 4. The third-order valence-electron chi connectivity index (χ3n) is 10.1. The second-order valence-electron chi connectivity index (χ2n) is 13.1. The molecule has 0 aliphatic carbocycles. The molecule has 0 fully saturated rings. The second-order valence-corrected chi connectivity index (χ2v) is 14.2. The molecule has 5 nitrogen and oxygen atoms in total. The molecule has 0 N–H and O–H groups in total. The molecule has 0 bridgehead atoms. The first-order valence-corrected chi connectivity index (χ1v) is 18.2. The second kappa shape index (κ2) is 12.4. The van der Waals surface area contributed by atoms with Gasteiger partial charge in [-0.05, 0) is 71.8 Å². The van der Waals surface area contributed by atoms with Crippen LogP contribution in [0.2, 0.25) is 0 Å². The lowest BCUT2D eigenvalue weighted by Gasteiger charge is -2.42. The van der Waals surface area contributed by atoms with Gasteiger partial charge in [-0.2, -0.15) is 5.26 Å². The summed E-state index contributed by atoms with van der Waals surface area (Å²) in [6.45, 7) is 0. The van der Waals surface area contributed by atoms with Crippen LogP contribution in [0.25, 0.3) is 54.3 Å². The van der Waals surface area contributed by atoms with E-state index in [1.54, 1.807) is 23.5 Å². The summed E-state index contributed by atoms with van der Waals surface area (Å²) in [7, 11) is 0. The summed E-state index contributed by atoms with van der Waals surface area (Å²) in [6, 6.07) is 60.3. The van der Waals surface area contributed by atoms with Gasteiger partial charge in [0.2, 0.25) is 0 Å². The molecule has 53 heavy (non-hydrogen) atoms. The number of thiophene rings is 1. The molecule has 0 amide bonds. The molecule has 0 saturated heterocycles. The Morgan fingerprint density at radius 3 is 1.87 bits per heavy atom. The third-order valence-corrected chi connectivity index (χ3v) is 11.3. The van der Waals surface area contributed by atoms with Crippen LogP contribution in [0.5, 0.6) is 11.5 Å². The number of para-hydroxylation sites is 2. The number of nitriles is 1. The molecule has 0 radical (unpaired) electrons. The minimum atomic E-state index is -0.681. The summed E-state index contributed by atoms with van der Waals surface area (Å²) < 4.78 is 9.39. The summed E-state index contributed by atoms with van der Waals surface area (Å²) in [5.41, 5.74) is 6.65. The van der Waals surface area contributed by atoms with Crippen LogP contribution >= 0.6 is 11.3 Å². The van der Waals surface area contributed by atoms with Gasteiger partial charge in [-0.15, -0.1) is 11.3 Å². The molecule has 248 valence electrons. The van der Waals surface area contributed by atoms with Crippen LogP contribution in [0.4, 0.5) is 0 Å². The molecule has 1 aliphatic rings. The highest BCUT2D eigenvalue weighted by molar-refractivity contribution is 7.25. The number of hydrogen-bond donors (Lipinski definition) is 0. The van der Waals surface area contributed by atoms with Crippen LogP contribution in [0.15, 0.2) is 170 Å². The van der Waals surface area contributed by atoms with Gasteiger partial charge in [0.15, 0.2) is 17.5 Å². The van der Waals surface area contributed by atoms with Crippen LogP contribution in [0.1, 0.15) is 27.8 Å². The molecule has 7 aromatic carbocycles. The van der Waals surface area contributed by atoms with Crippen molar-refractivity contribution in [3.8, 4) is 51.7 Å². The largest absolute Gasteiger partial charge is 0.456 e. The van der Waals surface area contributed by atoms with Crippen molar-refractivity contribution >= 4 is 31.5 Å². The zero-order valence-corrected chi connectivity index (χ0v) is 29.1. The van der Waals surface area contributed by atoms with Gasteiger partial charge >= 0.3 is 0 Å². The normalized spacial score (nSPS) is 12.8. The van der Waals surface area contributed by atoms with Crippen molar-refractivity contribution < 1.29 is 4.74 Å². The lowest BCUT2D eigenvalue weighted by atomic mass is 9.63. The van der Waals surface area contributed by atoms with Gasteiger partial charge < -0.3 is 4.74 Å². The summed E-state index contributed by atoms with van der Waals surface area (Å²) >= 11 is 1.78. The van der Waals surface area contributed by atoms with E-state index >= 15 is 0 Å². The lowest BCUT2D eigenvalue weighted by Crippen LogP contribution is -2.34. The summed E-state index contributed by atoms with van der Waals surface area (Å²) in [5, 5.41) is 11.9. The fraction of sp³-hybridized carbons (Fsp3) is 0.0213. The maximum Gasteiger partial charge on any atom is 0.167 e. The van der Waals surface area contributed by atoms with Gasteiger partial charge in [0, 0.05) is 42.4 Å². The first kappa shape index (κ1) is 30.8. The average Bonchev–Trinajstić information content (AvgIpc) is 3.61. The molecule has 0 unspecified atom stereocenters. The van der Waals surface area contributed by atoms with E-state index in [2.05, 4.69) is 133 Å². The molecule has 3 heterocycles. The van der Waals surface area contributed by atoms with Crippen molar-refractivity contribution in [1.82, 2.24) is 15.0 Å². The topological polar surface area (TPSA) is 71.7 Å². The van der Waals surface area contributed by atoms with Crippen LogP contribution < -0.4 is 4.74 Å². The van der Waals surface area contributed by atoms with Crippen molar-refractivity contribution in [2.45, 2.75) is 5.41 Å². The Morgan fingerprint density at radius 1 is 0.509 bits per heavy atom. The fourth-order valence-corrected chi connectivity index (χ4v) is 8.80. The zero-order valence-electron chi connectivity index (χ0n) is 28.3. The maximum absolute atomic E-state index is 9.51. The monoisotopic (exact) mass is 696 g/mol. The summed E-state index contributed by atoms with van der Waals surface area (Å²) in [6.07, 6.45) is 0.